The monoisotopic (exact) mass is 880 g/mol. The number of hydrogen-bond donors (Lipinski definition) is 0. The molecule has 0 aliphatic rings. The van der Waals surface area contributed by atoms with Gasteiger partial charge in [-0.05, 0) is 63.2 Å². The molecule has 13 aromatic rings. The second-order valence-electron chi connectivity index (χ2n) is 17.3. The lowest BCUT2D eigenvalue weighted by atomic mass is 9.88. The van der Waals surface area contributed by atoms with Crippen molar-refractivity contribution in [2.75, 3.05) is 0 Å². The van der Waals surface area contributed by atoms with Crippen LogP contribution in [-0.2, 0) is 0 Å². The number of nitrogens with zero attached hydrogens (tertiary/aromatic N) is 4. The van der Waals surface area contributed by atoms with Gasteiger partial charge < -0.3 is 4.42 Å². The van der Waals surface area contributed by atoms with Crippen LogP contribution in [-0.4, -0.2) is 19.9 Å². The third kappa shape index (κ3) is 7.30. The minimum absolute atomic E-state index is 0.606. The van der Waals surface area contributed by atoms with Crippen LogP contribution in [0.4, 0.5) is 0 Å². The lowest BCUT2D eigenvalue weighted by Crippen LogP contribution is -2.00. The summed E-state index contributed by atoms with van der Waals surface area (Å²) in [5, 5.41) is 5.46. The van der Waals surface area contributed by atoms with Crippen molar-refractivity contribution in [2.45, 2.75) is 0 Å². The van der Waals surface area contributed by atoms with Crippen LogP contribution in [0.15, 0.2) is 247 Å². The van der Waals surface area contributed by atoms with Crippen molar-refractivity contribution in [1.82, 2.24) is 19.9 Å². The van der Waals surface area contributed by atoms with Crippen LogP contribution in [0.5, 0.6) is 0 Å². The van der Waals surface area contributed by atoms with Gasteiger partial charge >= 0.3 is 0 Å². The number of benzene rings is 10. The highest BCUT2D eigenvalue weighted by Gasteiger charge is 2.22. The van der Waals surface area contributed by atoms with Gasteiger partial charge in [-0.25, -0.2) is 19.9 Å². The van der Waals surface area contributed by atoms with Gasteiger partial charge in [-0.15, -0.1) is 0 Å². The Labute approximate surface area is 398 Å². The lowest BCUT2D eigenvalue weighted by molar-refractivity contribution is 0.669. The first-order chi connectivity index (χ1) is 34.2. The van der Waals surface area contributed by atoms with Gasteiger partial charge in [0.2, 0.25) is 0 Å². The number of fused-ring (bicyclic) bond motifs is 6. The number of para-hydroxylation sites is 2. The minimum atomic E-state index is 0.606. The Morgan fingerprint density at radius 2 is 0.667 bits per heavy atom. The van der Waals surface area contributed by atoms with Crippen LogP contribution in [0.2, 0.25) is 0 Å². The van der Waals surface area contributed by atoms with Gasteiger partial charge in [-0.2, -0.15) is 0 Å². The van der Waals surface area contributed by atoms with Crippen molar-refractivity contribution in [2.24, 2.45) is 0 Å². The highest BCUT2D eigenvalue weighted by atomic mass is 16.3. The van der Waals surface area contributed by atoms with E-state index in [1.807, 2.05) is 24.3 Å². The van der Waals surface area contributed by atoms with Crippen molar-refractivity contribution >= 4 is 43.6 Å². The molecule has 0 bridgehead atoms. The van der Waals surface area contributed by atoms with E-state index in [1.165, 1.54) is 0 Å². The summed E-state index contributed by atoms with van der Waals surface area (Å²) in [5.74, 6) is 1.84. The molecule has 0 unspecified atom stereocenters. The molecule has 5 heteroatoms. The normalized spacial score (nSPS) is 11.5. The largest absolute Gasteiger partial charge is 0.456 e. The van der Waals surface area contributed by atoms with Crippen molar-refractivity contribution < 1.29 is 4.42 Å². The van der Waals surface area contributed by atoms with Crippen LogP contribution < -0.4 is 0 Å². The molecular formula is C64H40N4O. The zero-order valence-electron chi connectivity index (χ0n) is 37.3. The molecule has 0 N–H and O–H groups in total. The Morgan fingerprint density at radius 3 is 1.23 bits per heavy atom. The Morgan fingerprint density at radius 1 is 0.246 bits per heavy atom. The third-order valence-corrected chi connectivity index (χ3v) is 13.1. The second-order valence-corrected chi connectivity index (χ2v) is 17.3. The van der Waals surface area contributed by atoms with Crippen molar-refractivity contribution in [3.8, 4) is 89.9 Å². The van der Waals surface area contributed by atoms with E-state index >= 15 is 0 Å². The molecule has 0 saturated carbocycles. The van der Waals surface area contributed by atoms with Gasteiger partial charge in [0.1, 0.15) is 11.2 Å². The fraction of sp³-hybridized carbons (Fsp3) is 0. The third-order valence-electron chi connectivity index (χ3n) is 13.1. The molecule has 0 aliphatic carbocycles. The molecule has 0 saturated heterocycles. The Kier molecular flexibility index (Phi) is 9.76. The van der Waals surface area contributed by atoms with Crippen molar-refractivity contribution in [1.29, 1.82) is 0 Å². The Balaban J connectivity index is 0.928. The summed E-state index contributed by atoms with van der Waals surface area (Å²) in [7, 11) is 0. The summed E-state index contributed by atoms with van der Waals surface area (Å²) in [5.41, 5.74) is 16.3. The van der Waals surface area contributed by atoms with Crippen LogP contribution >= 0.6 is 0 Å². The maximum Gasteiger partial charge on any atom is 0.164 e. The maximum atomic E-state index is 6.67. The average molecular weight is 881 g/mol. The van der Waals surface area contributed by atoms with E-state index in [1.54, 1.807) is 0 Å². The zero-order valence-corrected chi connectivity index (χ0v) is 37.3. The minimum Gasteiger partial charge on any atom is -0.456 e. The van der Waals surface area contributed by atoms with Gasteiger partial charge in [0.25, 0.3) is 0 Å². The average Bonchev–Trinajstić information content (AvgIpc) is 3.81. The molecule has 322 valence electrons. The first-order valence-electron chi connectivity index (χ1n) is 23.2. The first kappa shape index (κ1) is 40.0. The molecule has 0 aliphatic heterocycles. The summed E-state index contributed by atoms with van der Waals surface area (Å²) in [6.45, 7) is 0. The molecule has 0 radical (unpaired) electrons. The maximum absolute atomic E-state index is 6.67. The molecule has 0 spiro atoms. The van der Waals surface area contributed by atoms with E-state index in [9.17, 15) is 0 Å². The first-order valence-corrected chi connectivity index (χ1v) is 23.2. The highest BCUT2D eigenvalue weighted by molar-refractivity contribution is 6.27. The lowest BCUT2D eigenvalue weighted by Gasteiger charge is -2.16. The van der Waals surface area contributed by atoms with Gasteiger partial charge in [0.05, 0.1) is 11.2 Å². The number of furan rings is 1. The summed E-state index contributed by atoms with van der Waals surface area (Å²) in [6.07, 6.45) is 0. The highest BCUT2D eigenvalue weighted by Crippen LogP contribution is 2.47. The van der Waals surface area contributed by atoms with Gasteiger partial charge in [0, 0.05) is 54.7 Å². The fourth-order valence-electron chi connectivity index (χ4n) is 9.74. The van der Waals surface area contributed by atoms with E-state index < -0.39 is 0 Å². The van der Waals surface area contributed by atoms with E-state index in [4.69, 9.17) is 24.4 Å². The number of aromatic nitrogens is 4. The van der Waals surface area contributed by atoms with Crippen molar-refractivity contribution in [3.05, 3.63) is 243 Å². The number of hydrogen-bond acceptors (Lipinski definition) is 5. The summed E-state index contributed by atoms with van der Waals surface area (Å²) < 4.78 is 6.67. The topological polar surface area (TPSA) is 64.7 Å². The molecule has 3 aromatic heterocycles. The summed E-state index contributed by atoms with van der Waals surface area (Å²) in [4.78, 5) is 20.6. The molecule has 0 atom stereocenters. The van der Waals surface area contributed by atoms with Gasteiger partial charge in [-0.1, -0.05) is 218 Å². The molecule has 69 heavy (non-hydrogen) atoms. The summed E-state index contributed by atoms with van der Waals surface area (Å²) in [6, 6.07) is 84.6. The number of pyridine rings is 1. The predicted molar refractivity (Wildman–Crippen MR) is 283 cm³/mol. The fourth-order valence-corrected chi connectivity index (χ4v) is 9.74. The Bertz CT molecular complexity index is 3920. The molecule has 5 nitrogen and oxygen atoms in total. The van der Waals surface area contributed by atoms with Crippen LogP contribution in [0.3, 0.4) is 0 Å². The predicted octanol–water partition coefficient (Wildman–Crippen LogP) is 16.8. The molecule has 13 rings (SSSR count). The van der Waals surface area contributed by atoms with E-state index in [0.717, 1.165) is 116 Å². The van der Waals surface area contributed by atoms with Gasteiger partial charge in [0.15, 0.2) is 17.5 Å². The number of rotatable bonds is 8. The quantitative estimate of drug-likeness (QED) is 0.142. The molecule has 0 fully saturated rings. The van der Waals surface area contributed by atoms with Crippen LogP contribution in [0, 0.1) is 0 Å². The second kappa shape index (κ2) is 16.8. The SMILES string of the molecule is c1ccc(-c2ccc(-c3nc(-c4ccc(-c5ccccc5)cc4)nc(-c4ccc(-c5cccc(-c6c7c(cc8c(-c9ccccc9)nc9ccccc9c68)oc6ccccc67)c5)cc4)n3)cc2)cc1. The van der Waals surface area contributed by atoms with E-state index in [2.05, 4.69) is 218 Å². The Hall–Kier alpha value is -9.32. The van der Waals surface area contributed by atoms with E-state index in [-0.39, 0.29) is 0 Å². The molecule has 10 aromatic carbocycles. The smallest absolute Gasteiger partial charge is 0.164 e. The molecular weight excluding hydrogens is 841 g/mol. The van der Waals surface area contributed by atoms with Crippen LogP contribution in [0.25, 0.3) is 134 Å². The summed E-state index contributed by atoms with van der Waals surface area (Å²) >= 11 is 0. The standard InChI is InChI=1S/C64H40N4O/c1-4-15-41(16-5-1)43-27-33-47(34-28-43)62-66-63(48-35-29-44(30-36-48)42-17-6-2-7-18-42)68-64(67-62)49-37-31-45(32-38-49)50-21-14-22-51(39-50)58-59-52-23-10-12-25-55(52)65-61(46-19-8-3-9-20-46)54(59)40-57-60(58)53-24-11-13-26-56(53)69-57/h1-40H. The van der Waals surface area contributed by atoms with Crippen molar-refractivity contribution in [3.63, 3.8) is 0 Å². The van der Waals surface area contributed by atoms with Crippen LogP contribution in [0.1, 0.15) is 0 Å². The van der Waals surface area contributed by atoms with E-state index in [0.29, 0.717) is 17.5 Å². The molecule has 0 amide bonds. The molecule has 3 heterocycles. The van der Waals surface area contributed by atoms with Gasteiger partial charge in [-0.3, -0.25) is 0 Å². The zero-order chi connectivity index (χ0) is 45.7.